The minimum Gasteiger partial charge on any atom is -0.383 e. The molecule has 0 atom stereocenters. The lowest BCUT2D eigenvalue weighted by Crippen LogP contribution is -2.11. The first-order chi connectivity index (χ1) is 6.46. The molecular formula is C6H10ClN3O3S. The van der Waals surface area contributed by atoms with Crippen LogP contribution in [0.5, 0.6) is 0 Å². The van der Waals surface area contributed by atoms with Gasteiger partial charge in [-0.3, -0.25) is 4.57 Å². The van der Waals surface area contributed by atoms with Crippen LogP contribution < -0.4 is 0 Å². The van der Waals surface area contributed by atoms with E-state index in [1.165, 1.54) is 11.7 Å². The number of rotatable bonds is 4. The summed E-state index contributed by atoms with van der Waals surface area (Å²) in [5.41, 5.74) is 0. The van der Waals surface area contributed by atoms with Crippen molar-refractivity contribution in [2.75, 3.05) is 13.7 Å². The van der Waals surface area contributed by atoms with Crippen LogP contribution in [0.25, 0.3) is 0 Å². The summed E-state index contributed by atoms with van der Waals surface area (Å²) in [5, 5.41) is 6.87. The monoisotopic (exact) mass is 239 g/mol. The van der Waals surface area contributed by atoms with Crippen molar-refractivity contribution in [1.29, 1.82) is 0 Å². The van der Waals surface area contributed by atoms with Crippen molar-refractivity contribution in [3.63, 3.8) is 0 Å². The zero-order valence-electron chi connectivity index (χ0n) is 7.77. The highest BCUT2D eigenvalue weighted by atomic mass is 35.7. The molecule has 0 fully saturated rings. The fourth-order valence-corrected chi connectivity index (χ4v) is 1.95. The third-order valence-corrected chi connectivity index (χ3v) is 2.79. The van der Waals surface area contributed by atoms with Gasteiger partial charge in [0.05, 0.1) is 6.61 Å². The normalized spacial score (nSPS) is 11.9. The van der Waals surface area contributed by atoms with Crippen molar-refractivity contribution in [2.24, 2.45) is 0 Å². The van der Waals surface area contributed by atoms with E-state index in [-0.39, 0.29) is 5.16 Å². The minimum atomic E-state index is -3.84. The fourth-order valence-electron chi connectivity index (χ4n) is 0.982. The summed E-state index contributed by atoms with van der Waals surface area (Å²) in [6.07, 6.45) is 0. The molecule has 0 aromatic carbocycles. The molecule has 1 rings (SSSR count). The topological polar surface area (TPSA) is 74.1 Å². The highest BCUT2D eigenvalue weighted by Gasteiger charge is 2.20. The van der Waals surface area contributed by atoms with Gasteiger partial charge in [-0.1, -0.05) is 0 Å². The Balaban J connectivity index is 3.07. The van der Waals surface area contributed by atoms with Crippen molar-refractivity contribution in [3.8, 4) is 0 Å². The Labute approximate surface area is 86.3 Å². The lowest BCUT2D eigenvalue weighted by Gasteiger charge is -2.04. The molecule has 0 saturated carbocycles. The maximum Gasteiger partial charge on any atom is 0.296 e. The molecule has 0 aliphatic carbocycles. The Hall–Kier alpha value is -0.660. The van der Waals surface area contributed by atoms with Gasteiger partial charge < -0.3 is 4.74 Å². The smallest absolute Gasteiger partial charge is 0.296 e. The third kappa shape index (κ3) is 2.43. The van der Waals surface area contributed by atoms with Gasteiger partial charge in [0.15, 0.2) is 0 Å². The number of hydrogen-bond acceptors (Lipinski definition) is 5. The van der Waals surface area contributed by atoms with Gasteiger partial charge in [0.25, 0.3) is 14.2 Å². The Kier molecular flexibility index (Phi) is 3.46. The Morgan fingerprint density at radius 2 is 2.14 bits per heavy atom. The van der Waals surface area contributed by atoms with Crippen LogP contribution >= 0.6 is 10.7 Å². The van der Waals surface area contributed by atoms with E-state index in [4.69, 9.17) is 15.4 Å². The van der Waals surface area contributed by atoms with E-state index in [1.807, 2.05) is 0 Å². The van der Waals surface area contributed by atoms with E-state index in [2.05, 4.69) is 10.2 Å². The van der Waals surface area contributed by atoms with Crippen LogP contribution in [0.15, 0.2) is 5.16 Å². The molecule has 0 radical (unpaired) electrons. The second-order valence-corrected chi connectivity index (χ2v) is 5.07. The second-order valence-electron chi connectivity index (χ2n) is 2.61. The van der Waals surface area contributed by atoms with E-state index in [0.29, 0.717) is 19.0 Å². The maximum absolute atomic E-state index is 11.0. The Morgan fingerprint density at radius 1 is 1.50 bits per heavy atom. The fraction of sp³-hybridized carbons (Fsp3) is 0.667. The van der Waals surface area contributed by atoms with E-state index in [0.717, 1.165) is 0 Å². The molecule has 0 bridgehead atoms. The van der Waals surface area contributed by atoms with Gasteiger partial charge in [-0.25, -0.2) is 8.42 Å². The van der Waals surface area contributed by atoms with E-state index >= 15 is 0 Å². The molecule has 1 aromatic rings. The van der Waals surface area contributed by atoms with Crippen LogP contribution in [0.1, 0.15) is 5.82 Å². The quantitative estimate of drug-likeness (QED) is 0.700. The molecule has 0 spiro atoms. The van der Waals surface area contributed by atoms with Crippen LogP contribution in [0, 0.1) is 6.92 Å². The van der Waals surface area contributed by atoms with Crippen molar-refractivity contribution in [2.45, 2.75) is 18.6 Å². The van der Waals surface area contributed by atoms with Gasteiger partial charge in [0.1, 0.15) is 5.82 Å². The standard InChI is InChI=1S/C6H10ClN3O3S/c1-5-8-9-6(14(7,11)12)10(5)3-4-13-2/h3-4H2,1-2H3. The maximum atomic E-state index is 11.0. The van der Waals surface area contributed by atoms with Crippen LogP contribution in [0.3, 0.4) is 0 Å². The minimum absolute atomic E-state index is 0.242. The van der Waals surface area contributed by atoms with Gasteiger partial charge in [-0.05, 0) is 6.92 Å². The van der Waals surface area contributed by atoms with Crippen LogP contribution in [0.2, 0.25) is 0 Å². The first-order valence-electron chi connectivity index (χ1n) is 3.80. The summed E-state index contributed by atoms with van der Waals surface area (Å²) < 4.78 is 28.3. The molecule has 14 heavy (non-hydrogen) atoms. The van der Waals surface area contributed by atoms with E-state index in [9.17, 15) is 8.42 Å². The summed E-state index contributed by atoms with van der Waals surface area (Å²) in [4.78, 5) is 0. The second kappa shape index (κ2) is 4.24. The average molecular weight is 240 g/mol. The van der Waals surface area contributed by atoms with Gasteiger partial charge in [0.2, 0.25) is 0 Å². The first-order valence-corrected chi connectivity index (χ1v) is 6.11. The lowest BCUT2D eigenvalue weighted by atomic mass is 10.6. The van der Waals surface area contributed by atoms with E-state index < -0.39 is 9.05 Å². The Morgan fingerprint density at radius 3 is 2.64 bits per heavy atom. The first kappa shape index (κ1) is 11.4. The molecule has 0 amide bonds. The molecule has 0 N–H and O–H groups in total. The van der Waals surface area contributed by atoms with E-state index in [1.54, 1.807) is 6.92 Å². The number of nitrogens with zero attached hydrogens (tertiary/aromatic N) is 3. The Bertz CT molecular complexity index is 414. The molecule has 0 saturated heterocycles. The lowest BCUT2D eigenvalue weighted by molar-refractivity contribution is 0.184. The number of aryl methyl sites for hydroxylation is 1. The number of methoxy groups -OCH3 is 1. The molecule has 80 valence electrons. The summed E-state index contributed by atoms with van der Waals surface area (Å²) in [7, 11) is 2.85. The molecule has 0 aliphatic rings. The summed E-state index contributed by atoms with van der Waals surface area (Å²) in [6.45, 7) is 2.38. The molecule has 6 nitrogen and oxygen atoms in total. The third-order valence-electron chi connectivity index (χ3n) is 1.64. The molecule has 0 aliphatic heterocycles. The van der Waals surface area contributed by atoms with Crippen molar-refractivity contribution < 1.29 is 13.2 Å². The summed E-state index contributed by atoms with van der Waals surface area (Å²) in [6, 6.07) is 0. The molecule has 0 unspecified atom stereocenters. The zero-order chi connectivity index (χ0) is 10.8. The highest BCUT2D eigenvalue weighted by molar-refractivity contribution is 8.13. The molecule has 8 heteroatoms. The summed E-state index contributed by atoms with van der Waals surface area (Å²) in [5.74, 6) is 0.487. The van der Waals surface area contributed by atoms with Gasteiger partial charge in [-0.2, -0.15) is 0 Å². The number of ether oxygens (including phenoxy) is 1. The highest BCUT2D eigenvalue weighted by Crippen LogP contribution is 2.13. The van der Waals surface area contributed by atoms with Crippen LogP contribution in [0.4, 0.5) is 0 Å². The van der Waals surface area contributed by atoms with Crippen LogP contribution in [-0.2, 0) is 20.3 Å². The number of aromatic nitrogens is 3. The molecule has 1 heterocycles. The number of halogens is 1. The average Bonchev–Trinajstić information content (AvgIpc) is 2.42. The summed E-state index contributed by atoms with van der Waals surface area (Å²) >= 11 is 0. The molecular weight excluding hydrogens is 230 g/mol. The van der Waals surface area contributed by atoms with Gasteiger partial charge in [-0.15, -0.1) is 10.2 Å². The zero-order valence-corrected chi connectivity index (χ0v) is 9.34. The number of hydrogen-bond donors (Lipinski definition) is 0. The largest absolute Gasteiger partial charge is 0.383 e. The molecule has 1 aromatic heterocycles. The van der Waals surface area contributed by atoms with Crippen molar-refractivity contribution >= 4 is 19.7 Å². The van der Waals surface area contributed by atoms with Crippen molar-refractivity contribution in [1.82, 2.24) is 14.8 Å². The van der Waals surface area contributed by atoms with Gasteiger partial charge in [0, 0.05) is 24.3 Å². The predicted octanol–water partition coefficient (Wildman–Crippen LogP) is 0.160. The van der Waals surface area contributed by atoms with Crippen LogP contribution in [-0.4, -0.2) is 36.9 Å². The van der Waals surface area contributed by atoms with Crippen molar-refractivity contribution in [3.05, 3.63) is 5.82 Å². The predicted molar refractivity (Wildman–Crippen MR) is 49.7 cm³/mol. The van der Waals surface area contributed by atoms with Gasteiger partial charge >= 0.3 is 0 Å². The SMILES string of the molecule is COCCn1c(C)nnc1S(=O)(=O)Cl.